The Labute approximate surface area is 153 Å². The smallest absolute Gasteiger partial charge is 0.258 e. The van der Waals surface area contributed by atoms with Crippen molar-refractivity contribution in [3.05, 3.63) is 60.2 Å². The first-order valence-electron chi connectivity index (χ1n) is 8.22. The molecule has 1 heterocycles. The summed E-state index contributed by atoms with van der Waals surface area (Å²) in [6.07, 6.45) is 1.32. The van der Waals surface area contributed by atoms with Crippen LogP contribution in [0.15, 0.2) is 49.1 Å². The molecule has 2 aromatic rings. The van der Waals surface area contributed by atoms with E-state index in [4.69, 9.17) is 14.2 Å². The van der Waals surface area contributed by atoms with E-state index in [9.17, 15) is 4.79 Å². The van der Waals surface area contributed by atoms with Crippen molar-refractivity contribution in [2.75, 3.05) is 33.2 Å². The van der Waals surface area contributed by atoms with Gasteiger partial charge in [-0.15, -0.1) is 6.58 Å². The summed E-state index contributed by atoms with van der Waals surface area (Å²) < 4.78 is 16.3. The second kappa shape index (κ2) is 7.39. The molecule has 0 unspecified atom stereocenters. The molecule has 0 spiro atoms. The Morgan fingerprint density at radius 1 is 1.12 bits per heavy atom. The van der Waals surface area contributed by atoms with E-state index >= 15 is 0 Å². The van der Waals surface area contributed by atoms with E-state index in [0.29, 0.717) is 29.4 Å². The van der Waals surface area contributed by atoms with Crippen LogP contribution in [-0.4, -0.2) is 38.7 Å². The molecule has 136 valence electrons. The Hall–Kier alpha value is -3.15. The molecular weight excluding hydrogens is 332 g/mol. The highest BCUT2D eigenvalue weighted by Crippen LogP contribution is 2.42. The van der Waals surface area contributed by atoms with E-state index < -0.39 is 0 Å². The number of hydrogen-bond acceptors (Lipinski definition) is 5. The first kappa shape index (κ1) is 17.7. The summed E-state index contributed by atoms with van der Waals surface area (Å²) in [5.74, 6) is 1.52. The molecule has 0 bridgehead atoms. The molecule has 1 aliphatic heterocycles. The Balaban J connectivity index is 2.12. The Bertz CT molecular complexity index is 809. The minimum absolute atomic E-state index is 0.0574. The van der Waals surface area contributed by atoms with Crippen LogP contribution in [0.2, 0.25) is 0 Å². The topological polar surface area (TPSA) is 60.0 Å². The zero-order chi connectivity index (χ0) is 18.7. The number of para-hydroxylation sites is 1. The van der Waals surface area contributed by atoms with Crippen LogP contribution >= 0.6 is 0 Å². The highest BCUT2D eigenvalue weighted by molar-refractivity contribution is 6.01. The molecule has 6 heteroatoms. The monoisotopic (exact) mass is 354 g/mol. The van der Waals surface area contributed by atoms with Crippen molar-refractivity contribution in [3.8, 4) is 17.2 Å². The van der Waals surface area contributed by atoms with Gasteiger partial charge in [0, 0.05) is 17.8 Å². The summed E-state index contributed by atoms with van der Waals surface area (Å²) in [6, 6.07) is 11.1. The lowest BCUT2D eigenvalue weighted by atomic mass is 10.0. The predicted octanol–water partition coefficient (Wildman–Crippen LogP) is 3.46. The minimum atomic E-state index is -0.385. The third-order valence-corrected chi connectivity index (χ3v) is 4.35. The van der Waals surface area contributed by atoms with Gasteiger partial charge >= 0.3 is 0 Å². The predicted molar refractivity (Wildman–Crippen MR) is 100 cm³/mol. The molecule has 26 heavy (non-hydrogen) atoms. The summed E-state index contributed by atoms with van der Waals surface area (Å²) in [4.78, 5) is 14.7. The summed E-state index contributed by atoms with van der Waals surface area (Å²) in [7, 11) is 4.69. The molecule has 1 atom stereocenters. The quantitative estimate of drug-likeness (QED) is 0.805. The second-order valence-corrected chi connectivity index (χ2v) is 5.80. The highest BCUT2D eigenvalue weighted by atomic mass is 16.5. The van der Waals surface area contributed by atoms with Crippen LogP contribution in [0.25, 0.3) is 0 Å². The minimum Gasteiger partial charge on any atom is -0.493 e. The number of rotatable bonds is 6. The number of benzene rings is 2. The number of ether oxygens (including phenoxy) is 3. The first-order chi connectivity index (χ1) is 12.6. The molecule has 3 rings (SSSR count). The maximum atomic E-state index is 13.0. The summed E-state index contributed by atoms with van der Waals surface area (Å²) in [5.41, 5.74) is 2.25. The number of nitrogens with one attached hydrogen (secondary N) is 1. The molecule has 0 fully saturated rings. The van der Waals surface area contributed by atoms with Crippen molar-refractivity contribution >= 4 is 11.6 Å². The van der Waals surface area contributed by atoms with Crippen molar-refractivity contribution in [1.29, 1.82) is 0 Å². The fraction of sp³-hybridized carbons (Fsp3) is 0.250. The molecule has 0 aliphatic carbocycles. The van der Waals surface area contributed by atoms with Crippen molar-refractivity contribution in [3.63, 3.8) is 0 Å². The molecule has 2 aromatic carbocycles. The van der Waals surface area contributed by atoms with Gasteiger partial charge in [-0.1, -0.05) is 18.2 Å². The van der Waals surface area contributed by atoms with Gasteiger partial charge in [0.05, 0.1) is 26.9 Å². The normalized spacial score (nSPS) is 15.7. The summed E-state index contributed by atoms with van der Waals surface area (Å²) in [6.45, 7) is 4.18. The maximum Gasteiger partial charge on any atom is 0.258 e. The molecule has 1 aliphatic rings. The number of hydrogen-bond donors (Lipinski definition) is 1. The SMILES string of the molecule is C=CCN1C(=O)c2ccccc2N[C@@H]1c1cc(OC)c(OC)c(OC)c1. The van der Waals surface area contributed by atoms with Gasteiger partial charge in [0.15, 0.2) is 11.5 Å². The van der Waals surface area contributed by atoms with E-state index in [0.717, 1.165) is 11.3 Å². The lowest BCUT2D eigenvalue weighted by molar-refractivity contribution is 0.0707. The number of carbonyl (C=O) groups excluding carboxylic acids is 1. The van der Waals surface area contributed by atoms with Gasteiger partial charge in [0.25, 0.3) is 5.91 Å². The summed E-state index contributed by atoms with van der Waals surface area (Å²) in [5, 5.41) is 3.42. The average molecular weight is 354 g/mol. The van der Waals surface area contributed by atoms with Gasteiger partial charge in [-0.2, -0.15) is 0 Å². The fourth-order valence-electron chi connectivity index (χ4n) is 3.14. The molecule has 1 amide bonds. The Morgan fingerprint density at radius 3 is 2.35 bits per heavy atom. The largest absolute Gasteiger partial charge is 0.493 e. The van der Waals surface area contributed by atoms with E-state index in [1.54, 1.807) is 32.3 Å². The van der Waals surface area contributed by atoms with Crippen molar-refractivity contribution in [2.24, 2.45) is 0 Å². The van der Waals surface area contributed by atoms with Crippen molar-refractivity contribution in [1.82, 2.24) is 4.90 Å². The van der Waals surface area contributed by atoms with Crippen LogP contribution < -0.4 is 19.5 Å². The van der Waals surface area contributed by atoms with Crippen molar-refractivity contribution in [2.45, 2.75) is 6.17 Å². The molecule has 6 nitrogen and oxygen atoms in total. The van der Waals surface area contributed by atoms with Gasteiger partial charge in [-0.3, -0.25) is 4.79 Å². The van der Waals surface area contributed by atoms with Crippen LogP contribution in [0, 0.1) is 0 Å². The number of amides is 1. The van der Waals surface area contributed by atoms with Gasteiger partial charge < -0.3 is 24.4 Å². The Kier molecular flexibility index (Phi) is 5.02. The lowest BCUT2D eigenvalue weighted by Crippen LogP contribution is -2.43. The molecule has 0 aromatic heterocycles. The Morgan fingerprint density at radius 2 is 1.77 bits per heavy atom. The van der Waals surface area contributed by atoms with Crippen LogP contribution in [0.5, 0.6) is 17.2 Å². The zero-order valence-corrected chi connectivity index (χ0v) is 15.1. The number of anilines is 1. The van der Waals surface area contributed by atoms with Gasteiger partial charge in [-0.25, -0.2) is 0 Å². The van der Waals surface area contributed by atoms with Crippen LogP contribution in [0.3, 0.4) is 0 Å². The number of fused-ring (bicyclic) bond motifs is 1. The van der Waals surface area contributed by atoms with E-state index in [-0.39, 0.29) is 12.1 Å². The van der Waals surface area contributed by atoms with E-state index in [1.807, 2.05) is 36.4 Å². The molecule has 1 N–H and O–H groups in total. The standard InChI is InChI=1S/C20H22N2O4/c1-5-10-22-19(21-15-9-7-6-8-14(15)20(22)23)13-11-16(24-2)18(26-4)17(12-13)25-3/h5-9,11-12,19,21H,1,10H2,2-4H3/t19-/m0/s1. The molecule has 0 saturated carbocycles. The van der Waals surface area contributed by atoms with Crippen LogP contribution in [0.4, 0.5) is 5.69 Å². The van der Waals surface area contributed by atoms with Crippen LogP contribution in [-0.2, 0) is 0 Å². The molecular formula is C20H22N2O4. The van der Waals surface area contributed by atoms with Gasteiger partial charge in [0.1, 0.15) is 6.17 Å². The third kappa shape index (κ3) is 2.94. The van der Waals surface area contributed by atoms with Gasteiger partial charge in [-0.05, 0) is 24.3 Å². The number of carbonyl (C=O) groups is 1. The maximum absolute atomic E-state index is 13.0. The first-order valence-corrected chi connectivity index (χ1v) is 8.22. The fourth-order valence-corrected chi connectivity index (χ4v) is 3.14. The third-order valence-electron chi connectivity index (χ3n) is 4.35. The lowest BCUT2D eigenvalue weighted by Gasteiger charge is -2.37. The highest BCUT2D eigenvalue weighted by Gasteiger charge is 2.33. The molecule has 0 saturated heterocycles. The number of nitrogens with zero attached hydrogens (tertiary/aromatic N) is 1. The average Bonchev–Trinajstić information content (AvgIpc) is 2.68. The molecule has 0 radical (unpaired) electrons. The number of methoxy groups -OCH3 is 3. The zero-order valence-electron chi connectivity index (χ0n) is 15.1. The van der Waals surface area contributed by atoms with Crippen molar-refractivity contribution < 1.29 is 19.0 Å². The van der Waals surface area contributed by atoms with E-state index in [1.165, 1.54) is 0 Å². The second-order valence-electron chi connectivity index (χ2n) is 5.80. The van der Waals surface area contributed by atoms with Crippen LogP contribution in [0.1, 0.15) is 22.1 Å². The summed E-state index contributed by atoms with van der Waals surface area (Å²) >= 11 is 0. The van der Waals surface area contributed by atoms with Gasteiger partial charge in [0.2, 0.25) is 5.75 Å². The van der Waals surface area contributed by atoms with E-state index in [2.05, 4.69) is 11.9 Å².